The lowest BCUT2D eigenvalue weighted by Crippen LogP contribution is -2.10. The Balaban J connectivity index is 1.15. The molecule has 0 unspecified atom stereocenters. The van der Waals surface area contributed by atoms with Crippen LogP contribution in [-0.4, -0.2) is 4.98 Å². The van der Waals surface area contributed by atoms with Gasteiger partial charge in [0.1, 0.15) is 16.7 Å². The maximum Gasteiger partial charge on any atom is 0.227 e. The van der Waals surface area contributed by atoms with Gasteiger partial charge in [0.25, 0.3) is 0 Å². The molecule has 0 saturated heterocycles. The van der Waals surface area contributed by atoms with Crippen LogP contribution in [0.2, 0.25) is 0 Å². The summed E-state index contributed by atoms with van der Waals surface area (Å²) in [6, 6.07) is 55.8. The van der Waals surface area contributed by atoms with Gasteiger partial charge in [-0.15, -0.1) is 0 Å². The van der Waals surface area contributed by atoms with Gasteiger partial charge in [0.2, 0.25) is 5.89 Å². The number of hydrogen-bond donors (Lipinski definition) is 0. The second-order valence-corrected chi connectivity index (χ2v) is 13.2. The van der Waals surface area contributed by atoms with E-state index < -0.39 is 0 Å². The van der Waals surface area contributed by atoms with Crippen LogP contribution in [0, 0.1) is 0 Å². The summed E-state index contributed by atoms with van der Waals surface area (Å²) in [5.41, 5.74) is 12.9. The highest BCUT2D eigenvalue weighted by Gasteiger charge is 2.22. The molecule has 1 aliphatic carbocycles. The zero-order chi connectivity index (χ0) is 32.8. The number of fused-ring (bicyclic) bond motifs is 11. The molecule has 0 spiro atoms. The highest BCUT2D eigenvalue weighted by molar-refractivity contribution is 6.19. The van der Waals surface area contributed by atoms with Gasteiger partial charge in [-0.05, 0) is 105 Å². The van der Waals surface area contributed by atoms with Crippen LogP contribution in [0.25, 0.3) is 77.2 Å². The quantitative estimate of drug-likeness (QED) is 0.180. The summed E-state index contributed by atoms with van der Waals surface area (Å²) in [5.74, 6) is 0.625. The van der Waals surface area contributed by atoms with Crippen molar-refractivity contribution in [1.29, 1.82) is 0 Å². The average Bonchev–Trinajstić information content (AvgIpc) is 3.88. The Morgan fingerprint density at radius 2 is 1.18 bits per heavy atom. The van der Waals surface area contributed by atoms with Gasteiger partial charge in [-0.25, -0.2) is 4.98 Å². The molecular weight excluding hydrogens is 613 g/mol. The highest BCUT2D eigenvalue weighted by atomic mass is 16.3. The number of benzene rings is 8. The van der Waals surface area contributed by atoms with E-state index in [4.69, 9.17) is 13.8 Å². The van der Waals surface area contributed by atoms with Gasteiger partial charge in [0, 0.05) is 44.9 Å². The zero-order valence-electron chi connectivity index (χ0n) is 26.9. The maximum atomic E-state index is 6.57. The fourth-order valence-electron chi connectivity index (χ4n) is 7.90. The molecule has 2 aromatic heterocycles. The Labute approximate surface area is 287 Å². The number of hydrogen-bond acceptors (Lipinski definition) is 4. The molecule has 2 heterocycles. The van der Waals surface area contributed by atoms with Gasteiger partial charge in [-0.3, -0.25) is 0 Å². The molecule has 234 valence electrons. The number of furan rings is 1. The molecular formula is C46H28N2O2. The number of para-hydroxylation sites is 1. The summed E-state index contributed by atoms with van der Waals surface area (Å²) in [6.45, 7) is 0. The first-order chi connectivity index (χ1) is 24.7. The molecule has 10 aromatic rings. The molecule has 0 bridgehead atoms. The molecule has 4 nitrogen and oxygen atoms in total. The summed E-state index contributed by atoms with van der Waals surface area (Å²) >= 11 is 0. The minimum atomic E-state index is 0.625. The second kappa shape index (κ2) is 10.4. The third-order valence-electron chi connectivity index (χ3n) is 10.3. The molecule has 0 amide bonds. The predicted molar refractivity (Wildman–Crippen MR) is 205 cm³/mol. The van der Waals surface area contributed by atoms with Crippen LogP contribution in [0.15, 0.2) is 167 Å². The molecule has 0 saturated carbocycles. The molecule has 11 rings (SSSR count). The Hall–Kier alpha value is -6.65. The van der Waals surface area contributed by atoms with E-state index >= 15 is 0 Å². The minimum absolute atomic E-state index is 0.625. The molecule has 0 aliphatic heterocycles. The second-order valence-electron chi connectivity index (χ2n) is 13.2. The predicted octanol–water partition coefficient (Wildman–Crippen LogP) is 12.7. The maximum absolute atomic E-state index is 6.57. The van der Waals surface area contributed by atoms with Gasteiger partial charge >= 0.3 is 0 Å². The topological polar surface area (TPSA) is 42.4 Å². The van der Waals surface area contributed by atoms with E-state index in [0.29, 0.717) is 5.89 Å². The molecule has 0 radical (unpaired) electrons. The summed E-state index contributed by atoms with van der Waals surface area (Å²) in [7, 11) is 0. The summed E-state index contributed by atoms with van der Waals surface area (Å²) in [5, 5.41) is 6.66. The van der Waals surface area contributed by atoms with Crippen molar-refractivity contribution in [2.75, 3.05) is 4.90 Å². The lowest BCUT2D eigenvalue weighted by atomic mass is 9.99. The lowest BCUT2D eigenvalue weighted by molar-refractivity contribution is 0.623. The van der Waals surface area contributed by atoms with E-state index in [9.17, 15) is 0 Å². The van der Waals surface area contributed by atoms with E-state index in [1.807, 2.05) is 42.5 Å². The van der Waals surface area contributed by atoms with Crippen molar-refractivity contribution in [2.24, 2.45) is 0 Å². The largest absolute Gasteiger partial charge is 0.456 e. The van der Waals surface area contributed by atoms with E-state index in [1.165, 1.54) is 22.3 Å². The fourth-order valence-corrected chi connectivity index (χ4v) is 7.90. The first-order valence-electron chi connectivity index (χ1n) is 17.0. The molecule has 4 heteroatoms. The molecule has 0 fully saturated rings. The average molecular weight is 641 g/mol. The van der Waals surface area contributed by atoms with Crippen LogP contribution in [0.5, 0.6) is 0 Å². The van der Waals surface area contributed by atoms with Crippen LogP contribution in [0.1, 0.15) is 11.1 Å². The number of anilines is 3. The van der Waals surface area contributed by atoms with Crippen LogP contribution < -0.4 is 4.90 Å². The van der Waals surface area contributed by atoms with Gasteiger partial charge in [0.05, 0.1) is 0 Å². The fraction of sp³-hybridized carbons (Fsp3) is 0.0217. The van der Waals surface area contributed by atoms with Crippen molar-refractivity contribution >= 4 is 71.6 Å². The molecule has 1 aliphatic rings. The smallest absolute Gasteiger partial charge is 0.227 e. The number of rotatable bonds is 4. The summed E-state index contributed by atoms with van der Waals surface area (Å²) < 4.78 is 13.0. The van der Waals surface area contributed by atoms with Crippen molar-refractivity contribution in [3.8, 4) is 22.6 Å². The molecule has 8 aromatic carbocycles. The van der Waals surface area contributed by atoms with Crippen molar-refractivity contribution in [3.63, 3.8) is 0 Å². The Morgan fingerprint density at radius 3 is 2.14 bits per heavy atom. The van der Waals surface area contributed by atoms with E-state index in [1.54, 1.807) is 0 Å². The van der Waals surface area contributed by atoms with Gasteiger partial charge in [-0.1, -0.05) is 91.0 Å². The Morgan fingerprint density at radius 1 is 0.480 bits per heavy atom. The first kappa shape index (κ1) is 27.3. The van der Waals surface area contributed by atoms with Crippen LogP contribution in [0.3, 0.4) is 0 Å². The summed E-state index contributed by atoms with van der Waals surface area (Å²) in [6.07, 6.45) is 0.955. The molecule has 0 atom stereocenters. The third-order valence-corrected chi connectivity index (χ3v) is 10.3. The number of oxazole rings is 1. The van der Waals surface area contributed by atoms with Crippen LogP contribution in [0.4, 0.5) is 17.1 Å². The van der Waals surface area contributed by atoms with Crippen LogP contribution >= 0.6 is 0 Å². The van der Waals surface area contributed by atoms with Gasteiger partial charge < -0.3 is 13.7 Å². The first-order valence-corrected chi connectivity index (χ1v) is 17.0. The monoisotopic (exact) mass is 640 g/mol. The lowest BCUT2D eigenvalue weighted by Gasteiger charge is -2.26. The molecule has 50 heavy (non-hydrogen) atoms. The standard InChI is InChI=1S/C46H28N2O2/c1-2-8-30(9-3-1)46-47-41-23-18-29-15-14-28-16-19-34(26-40(28)44(29)45(41)50-46)48(33-20-17-32-24-31-10-4-5-11-36(31)39(32)25-33)35-21-22-38-37-12-6-7-13-42(37)49-43(38)27-35/h1-23,25-27H,24H2. The highest BCUT2D eigenvalue weighted by Crippen LogP contribution is 2.45. The SMILES string of the molecule is c1ccc(-c2nc3ccc4ccc5ccc(N(c6ccc7c(c6)-c6ccccc6C7)c6ccc7c(c6)oc6ccccc67)cc5c4c3o2)cc1. The van der Waals surface area contributed by atoms with E-state index in [-0.39, 0.29) is 0 Å². The summed E-state index contributed by atoms with van der Waals surface area (Å²) in [4.78, 5) is 7.25. The van der Waals surface area contributed by atoms with Crippen LogP contribution in [-0.2, 0) is 6.42 Å². The zero-order valence-corrected chi connectivity index (χ0v) is 26.9. The minimum Gasteiger partial charge on any atom is -0.456 e. The normalized spacial score (nSPS) is 12.3. The molecule has 0 N–H and O–H groups in total. The Kier molecular flexibility index (Phi) is 5.69. The van der Waals surface area contributed by atoms with Gasteiger partial charge in [-0.2, -0.15) is 0 Å². The van der Waals surface area contributed by atoms with Crippen molar-refractivity contribution in [2.45, 2.75) is 6.42 Å². The van der Waals surface area contributed by atoms with E-state index in [2.05, 4.69) is 120 Å². The number of nitrogens with zero attached hydrogens (tertiary/aromatic N) is 2. The van der Waals surface area contributed by atoms with Crippen molar-refractivity contribution in [1.82, 2.24) is 4.98 Å². The third kappa shape index (κ3) is 4.09. The Bertz CT molecular complexity index is 2970. The van der Waals surface area contributed by atoms with Gasteiger partial charge in [0.15, 0.2) is 5.58 Å². The number of aromatic nitrogens is 1. The van der Waals surface area contributed by atoms with Crippen molar-refractivity contribution < 1.29 is 8.83 Å². The van der Waals surface area contributed by atoms with Crippen molar-refractivity contribution in [3.05, 3.63) is 169 Å². The van der Waals surface area contributed by atoms with E-state index in [0.717, 1.165) is 83.6 Å².